The molecule has 1 rings (SSSR count). The first-order chi connectivity index (χ1) is 4.12. The summed E-state index contributed by atoms with van der Waals surface area (Å²) in [6, 6.07) is 0. The molecule has 1 aliphatic carbocycles. The molecule has 1 aliphatic rings. The van der Waals surface area contributed by atoms with Crippen LogP contribution in [-0.4, -0.2) is 11.4 Å². The quantitative estimate of drug-likeness (QED) is 0.568. The number of hydrogen-bond acceptors (Lipinski definition) is 1. The Labute approximate surface area is 57.1 Å². The third-order valence-corrected chi connectivity index (χ3v) is 1.93. The molecular weight excluding hydrogens is 114 g/mol. The number of carbonyl (C=O) groups is 1. The van der Waals surface area contributed by atoms with E-state index in [1.54, 1.807) is 6.92 Å². The molecule has 0 bridgehead atoms. The van der Waals surface area contributed by atoms with Gasteiger partial charge in [-0.1, -0.05) is 0 Å². The third-order valence-electron chi connectivity index (χ3n) is 1.93. The van der Waals surface area contributed by atoms with E-state index in [-0.39, 0.29) is 12.9 Å². The SMILES string of the molecule is CC(=O)NC1(C)CCC1.[HH]. The summed E-state index contributed by atoms with van der Waals surface area (Å²) in [5.74, 6) is 0.0946. The fraction of sp³-hybridized carbons (Fsp3) is 0.857. The van der Waals surface area contributed by atoms with Gasteiger partial charge in [0.05, 0.1) is 0 Å². The van der Waals surface area contributed by atoms with Crippen molar-refractivity contribution in [3.8, 4) is 0 Å². The summed E-state index contributed by atoms with van der Waals surface area (Å²) in [6.45, 7) is 3.67. The van der Waals surface area contributed by atoms with Gasteiger partial charge in [0.25, 0.3) is 0 Å². The second-order valence-corrected chi connectivity index (χ2v) is 3.10. The van der Waals surface area contributed by atoms with Crippen LogP contribution in [0.5, 0.6) is 0 Å². The van der Waals surface area contributed by atoms with Crippen LogP contribution in [0.4, 0.5) is 0 Å². The summed E-state index contributed by atoms with van der Waals surface area (Å²) < 4.78 is 0. The van der Waals surface area contributed by atoms with Crippen LogP contribution in [0.25, 0.3) is 0 Å². The summed E-state index contributed by atoms with van der Waals surface area (Å²) in [5, 5.41) is 2.92. The van der Waals surface area contributed by atoms with Gasteiger partial charge in [0.15, 0.2) is 0 Å². The lowest BCUT2D eigenvalue weighted by Gasteiger charge is -2.38. The Morgan fingerprint density at radius 2 is 2.22 bits per heavy atom. The molecule has 2 nitrogen and oxygen atoms in total. The molecule has 9 heavy (non-hydrogen) atoms. The lowest BCUT2D eigenvalue weighted by Crippen LogP contribution is -2.50. The van der Waals surface area contributed by atoms with E-state index in [0.717, 1.165) is 12.8 Å². The summed E-state index contributed by atoms with van der Waals surface area (Å²) in [7, 11) is 0. The zero-order valence-electron chi connectivity index (χ0n) is 6.03. The summed E-state index contributed by atoms with van der Waals surface area (Å²) in [4.78, 5) is 10.5. The Hall–Kier alpha value is -0.530. The van der Waals surface area contributed by atoms with Crippen molar-refractivity contribution in [1.82, 2.24) is 5.32 Å². The van der Waals surface area contributed by atoms with Gasteiger partial charge >= 0.3 is 0 Å². The molecule has 0 aromatic rings. The highest BCUT2D eigenvalue weighted by atomic mass is 16.1. The maximum Gasteiger partial charge on any atom is 0.217 e. The van der Waals surface area contributed by atoms with E-state index in [1.807, 2.05) is 0 Å². The minimum absolute atomic E-state index is 0. The van der Waals surface area contributed by atoms with Gasteiger partial charge < -0.3 is 5.32 Å². The van der Waals surface area contributed by atoms with Crippen molar-refractivity contribution < 1.29 is 6.22 Å². The van der Waals surface area contributed by atoms with Crippen molar-refractivity contribution in [2.75, 3.05) is 0 Å². The van der Waals surface area contributed by atoms with Crippen LogP contribution in [0.15, 0.2) is 0 Å². The van der Waals surface area contributed by atoms with Gasteiger partial charge in [-0.15, -0.1) is 0 Å². The molecule has 1 N–H and O–H groups in total. The van der Waals surface area contributed by atoms with Crippen LogP contribution in [0.1, 0.15) is 34.5 Å². The predicted octanol–water partition coefficient (Wildman–Crippen LogP) is 1.31. The molecule has 0 radical (unpaired) electrons. The molecule has 0 unspecified atom stereocenters. The van der Waals surface area contributed by atoms with Gasteiger partial charge in [-0.2, -0.15) is 0 Å². The molecule has 0 aromatic carbocycles. The zero-order valence-corrected chi connectivity index (χ0v) is 6.03. The second kappa shape index (κ2) is 2.01. The molecule has 1 saturated carbocycles. The summed E-state index contributed by atoms with van der Waals surface area (Å²) in [5.41, 5.74) is 0.145. The standard InChI is InChI=1S/C7H13NO.H2/c1-6(9)8-7(2)4-3-5-7;/h3-5H2,1-2H3,(H,8,9);1H. The first kappa shape index (κ1) is 6.59. The Morgan fingerprint density at radius 3 is 2.33 bits per heavy atom. The third kappa shape index (κ3) is 1.44. The van der Waals surface area contributed by atoms with Crippen molar-refractivity contribution in [3.63, 3.8) is 0 Å². The number of rotatable bonds is 1. The number of hydrogen-bond donors (Lipinski definition) is 1. The molecule has 2 heteroatoms. The number of nitrogens with one attached hydrogen (secondary N) is 1. The van der Waals surface area contributed by atoms with Crippen LogP contribution in [-0.2, 0) is 4.79 Å². The minimum Gasteiger partial charge on any atom is -0.351 e. The molecular formula is C7H15NO. The molecule has 0 aliphatic heterocycles. The molecule has 1 amide bonds. The molecule has 54 valence electrons. The van der Waals surface area contributed by atoms with Gasteiger partial charge in [0, 0.05) is 13.9 Å². The fourth-order valence-electron chi connectivity index (χ4n) is 1.26. The van der Waals surface area contributed by atoms with E-state index in [1.165, 1.54) is 6.42 Å². The number of amides is 1. The molecule has 0 aromatic heterocycles. The molecule has 0 atom stereocenters. The fourth-order valence-corrected chi connectivity index (χ4v) is 1.26. The molecule has 0 heterocycles. The highest BCUT2D eigenvalue weighted by Crippen LogP contribution is 2.30. The lowest BCUT2D eigenvalue weighted by atomic mass is 9.78. The van der Waals surface area contributed by atoms with Crippen LogP contribution < -0.4 is 5.32 Å². The normalized spacial score (nSPS) is 22.4. The van der Waals surface area contributed by atoms with Crippen molar-refractivity contribution in [3.05, 3.63) is 0 Å². The van der Waals surface area contributed by atoms with E-state index in [9.17, 15) is 4.79 Å². The highest BCUT2D eigenvalue weighted by molar-refractivity contribution is 5.73. The smallest absolute Gasteiger partial charge is 0.217 e. The van der Waals surface area contributed by atoms with E-state index in [0.29, 0.717) is 0 Å². The van der Waals surface area contributed by atoms with Crippen LogP contribution in [0, 0.1) is 0 Å². The second-order valence-electron chi connectivity index (χ2n) is 3.10. The van der Waals surface area contributed by atoms with E-state index in [4.69, 9.17) is 0 Å². The lowest BCUT2D eigenvalue weighted by molar-refractivity contribution is -0.121. The Bertz CT molecular complexity index is 132. The molecule has 1 fully saturated rings. The van der Waals surface area contributed by atoms with E-state index in [2.05, 4.69) is 12.2 Å². The van der Waals surface area contributed by atoms with E-state index < -0.39 is 0 Å². The summed E-state index contributed by atoms with van der Waals surface area (Å²) in [6.07, 6.45) is 3.55. The molecule has 0 saturated heterocycles. The first-order valence-electron chi connectivity index (χ1n) is 3.41. The maximum absolute atomic E-state index is 10.5. The predicted molar refractivity (Wildman–Crippen MR) is 38.2 cm³/mol. The van der Waals surface area contributed by atoms with Crippen molar-refractivity contribution in [1.29, 1.82) is 0 Å². The van der Waals surface area contributed by atoms with Crippen molar-refractivity contribution >= 4 is 5.91 Å². The largest absolute Gasteiger partial charge is 0.351 e. The van der Waals surface area contributed by atoms with Gasteiger partial charge in [0.2, 0.25) is 5.91 Å². The first-order valence-corrected chi connectivity index (χ1v) is 3.41. The van der Waals surface area contributed by atoms with Crippen LogP contribution >= 0.6 is 0 Å². The van der Waals surface area contributed by atoms with Gasteiger partial charge in [-0.3, -0.25) is 4.79 Å². The Kier molecular flexibility index (Phi) is 1.47. The van der Waals surface area contributed by atoms with Crippen molar-refractivity contribution in [2.45, 2.75) is 38.6 Å². The average Bonchev–Trinajstić information content (AvgIpc) is 1.60. The Balaban J connectivity index is 0.000000810. The summed E-state index contributed by atoms with van der Waals surface area (Å²) >= 11 is 0. The maximum atomic E-state index is 10.5. The van der Waals surface area contributed by atoms with Crippen LogP contribution in [0.3, 0.4) is 0 Å². The van der Waals surface area contributed by atoms with E-state index >= 15 is 0 Å². The monoisotopic (exact) mass is 129 g/mol. The topological polar surface area (TPSA) is 29.1 Å². The average molecular weight is 129 g/mol. The Morgan fingerprint density at radius 1 is 1.67 bits per heavy atom. The zero-order chi connectivity index (χ0) is 6.91. The minimum atomic E-state index is 0. The van der Waals surface area contributed by atoms with Crippen LogP contribution in [0.2, 0.25) is 0 Å². The van der Waals surface area contributed by atoms with Gasteiger partial charge in [-0.05, 0) is 26.2 Å². The van der Waals surface area contributed by atoms with Gasteiger partial charge in [-0.25, -0.2) is 0 Å². The number of carbonyl (C=O) groups excluding carboxylic acids is 1. The van der Waals surface area contributed by atoms with Crippen molar-refractivity contribution in [2.24, 2.45) is 0 Å². The molecule has 0 spiro atoms. The van der Waals surface area contributed by atoms with Gasteiger partial charge in [0.1, 0.15) is 0 Å². The highest BCUT2D eigenvalue weighted by Gasteiger charge is 2.31.